The molecule has 0 radical (unpaired) electrons. The largest absolute Gasteiger partial charge is 0.394 e. The van der Waals surface area contributed by atoms with Gasteiger partial charge in [-0.1, -0.05) is 24.6 Å². The summed E-state index contributed by atoms with van der Waals surface area (Å²) in [4.78, 5) is 17.6. The molecule has 2 aromatic carbocycles. The number of hydrogen-bond donors (Lipinski definition) is 1. The number of nitrogens with zero attached hydrogens (tertiary/aromatic N) is 3. The zero-order valence-corrected chi connectivity index (χ0v) is 18.6. The maximum atomic E-state index is 14.0. The van der Waals surface area contributed by atoms with Crippen LogP contribution in [0.2, 0.25) is 5.02 Å². The number of hydrogen-bond acceptors (Lipinski definition) is 3. The smallest absolute Gasteiger partial charge is 0.209 e. The third-order valence-electron chi connectivity index (χ3n) is 5.96. The van der Waals surface area contributed by atoms with Crippen LogP contribution in [0.3, 0.4) is 0 Å². The minimum absolute atomic E-state index is 0.119. The predicted octanol–water partition coefficient (Wildman–Crippen LogP) is 5.80. The molecule has 0 unspecified atom stereocenters. The lowest BCUT2D eigenvalue weighted by Crippen LogP contribution is -2.08. The highest BCUT2D eigenvalue weighted by atomic mass is 35.5. The first-order valence-corrected chi connectivity index (χ1v) is 10.7. The van der Waals surface area contributed by atoms with Crippen LogP contribution in [0.4, 0.5) is 14.5 Å². The molecule has 0 bridgehead atoms. The lowest BCUT2D eigenvalue weighted by atomic mass is 9.96. The number of aryl methyl sites for hydroxylation is 2. The molecule has 3 heterocycles. The van der Waals surface area contributed by atoms with E-state index in [-0.39, 0.29) is 11.3 Å². The van der Waals surface area contributed by atoms with E-state index in [1.165, 1.54) is 0 Å². The Labute approximate surface area is 193 Å². The maximum Gasteiger partial charge on any atom is 0.209 e. The number of anilines is 1. The average molecular weight is 465 g/mol. The van der Waals surface area contributed by atoms with Crippen molar-refractivity contribution in [2.24, 2.45) is 7.05 Å². The number of carbonyl (C=O) groups excluding carboxylic acids is 1. The summed E-state index contributed by atoms with van der Waals surface area (Å²) in [6.45, 7) is 2.05. The van der Waals surface area contributed by atoms with Gasteiger partial charge in [0.1, 0.15) is 22.8 Å². The summed E-state index contributed by atoms with van der Waals surface area (Å²) < 4.78 is 31.5. The molecule has 8 heteroatoms. The first-order chi connectivity index (χ1) is 15.8. The Hall–Kier alpha value is -3.71. The fourth-order valence-electron chi connectivity index (χ4n) is 4.24. The highest BCUT2D eigenvalue weighted by molar-refractivity contribution is 6.38. The summed E-state index contributed by atoms with van der Waals surface area (Å²) in [6.07, 6.45) is 4.20. The predicted molar refractivity (Wildman–Crippen MR) is 126 cm³/mol. The molecule has 166 valence electrons. The Morgan fingerprint density at radius 2 is 1.85 bits per heavy atom. The molecular formula is C25H19ClF2N4O. The fraction of sp³-hybridized carbons (Fsp3) is 0.120. The van der Waals surface area contributed by atoms with E-state index in [1.807, 2.05) is 23.7 Å². The van der Waals surface area contributed by atoms with Crippen LogP contribution >= 0.6 is 11.6 Å². The molecular weight excluding hydrogens is 446 g/mol. The molecule has 0 aliphatic rings. The number of nitrogens with two attached hydrogens (primary N) is 1. The average Bonchev–Trinajstić information content (AvgIpc) is 3.40. The molecule has 5 nitrogen and oxygen atoms in total. The van der Waals surface area contributed by atoms with Crippen LogP contribution in [0, 0.1) is 11.6 Å². The number of imidazole rings is 1. The summed E-state index contributed by atoms with van der Waals surface area (Å²) in [6, 6.07) is 11.1. The lowest BCUT2D eigenvalue weighted by molar-refractivity contribution is 0.103. The summed E-state index contributed by atoms with van der Waals surface area (Å²) in [5.41, 5.74) is 9.97. The van der Waals surface area contributed by atoms with Crippen molar-refractivity contribution in [3.8, 4) is 11.1 Å². The standard InChI is InChI=1S/C25H19ClF2N4O/c1-3-13-11-20-24(30-12-31(20)2)22(26)21(13)15-5-4-8-32-18(15)6-7-19(32)25(33)14-9-16(27)23(29)17(28)10-14/h4-12H,3,29H2,1-2H3. The number of ketones is 1. The third kappa shape index (κ3) is 3.19. The van der Waals surface area contributed by atoms with Gasteiger partial charge in [0, 0.05) is 29.9 Å². The minimum atomic E-state index is -0.970. The van der Waals surface area contributed by atoms with Crippen molar-refractivity contribution in [2.75, 3.05) is 5.73 Å². The SMILES string of the molecule is CCc1cc2c(ncn2C)c(Cl)c1-c1cccn2c(C(=O)c3cc(F)c(N)c(F)c3)ccc12. The van der Waals surface area contributed by atoms with Gasteiger partial charge >= 0.3 is 0 Å². The van der Waals surface area contributed by atoms with Gasteiger partial charge in [-0.2, -0.15) is 0 Å². The van der Waals surface area contributed by atoms with Crippen molar-refractivity contribution in [3.05, 3.63) is 88.5 Å². The zero-order chi connectivity index (χ0) is 23.4. The summed E-state index contributed by atoms with van der Waals surface area (Å²) >= 11 is 6.84. The van der Waals surface area contributed by atoms with E-state index < -0.39 is 23.1 Å². The lowest BCUT2D eigenvalue weighted by Gasteiger charge is -2.14. The highest BCUT2D eigenvalue weighted by Gasteiger charge is 2.21. The number of fused-ring (bicyclic) bond motifs is 2. The van der Waals surface area contributed by atoms with Gasteiger partial charge < -0.3 is 14.7 Å². The van der Waals surface area contributed by atoms with Gasteiger partial charge in [0.25, 0.3) is 0 Å². The molecule has 3 aromatic heterocycles. The van der Waals surface area contributed by atoms with Gasteiger partial charge in [-0.15, -0.1) is 0 Å². The highest BCUT2D eigenvalue weighted by Crippen LogP contribution is 2.39. The van der Waals surface area contributed by atoms with E-state index in [4.69, 9.17) is 17.3 Å². The van der Waals surface area contributed by atoms with Crippen LogP contribution in [-0.2, 0) is 13.5 Å². The molecule has 5 aromatic rings. The van der Waals surface area contributed by atoms with Crippen LogP contribution in [0.1, 0.15) is 28.5 Å². The van der Waals surface area contributed by atoms with Crippen LogP contribution in [0.5, 0.6) is 0 Å². The topological polar surface area (TPSA) is 65.3 Å². The molecule has 33 heavy (non-hydrogen) atoms. The van der Waals surface area contributed by atoms with Gasteiger partial charge in [0.05, 0.1) is 28.1 Å². The van der Waals surface area contributed by atoms with E-state index in [0.29, 0.717) is 10.5 Å². The van der Waals surface area contributed by atoms with Crippen molar-refractivity contribution in [1.29, 1.82) is 0 Å². The van der Waals surface area contributed by atoms with Crippen molar-refractivity contribution in [1.82, 2.24) is 14.0 Å². The van der Waals surface area contributed by atoms with Gasteiger partial charge in [0.15, 0.2) is 0 Å². The molecule has 0 fully saturated rings. The van der Waals surface area contributed by atoms with Gasteiger partial charge in [-0.05, 0) is 48.4 Å². The Kier molecular flexibility index (Phi) is 4.94. The Balaban J connectivity index is 1.71. The quantitative estimate of drug-likeness (QED) is 0.270. The number of benzene rings is 2. The monoisotopic (exact) mass is 464 g/mol. The van der Waals surface area contributed by atoms with Crippen LogP contribution < -0.4 is 5.73 Å². The van der Waals surface area contributed by atoms with E-state index in [0.717, 1.165) is 46.3 Å². The summed E-state index contributed by atoms with van der Waals surface area (Å²) in [5, 5.41) is 0.537. The Morgan fingerprint density at radius 3 is 2.55 bits per heavy atom. The zero-order valence-electron chi connectivity index (χ0n) is 17.9. The first-order valence-electron chi connectivity index (χ1n) is 10.3. The second-order valence-electron chi connectivity index (χ2n) is 7.88. The van der Waals surface area contributed by atoms with Crippen molar-refractivity contribution < 1.29 is 13.6 Å². The van der Waals surface area contributed by atoms with Crippen molar-refractivity contribution in [2.45, 2.75) is 13.3 Å². The van der Waals surface area contributed by atoms with Crippen LogP contribution in [0.25, 0.3) is 27.7 Å². The molecule has 5 rings (SSSR count). The number of nitrogen functional groups attached to an aromatic ring is 1. The number of pyridine rings is 1. The fourth-order valence-corrected chi connectivity index (χ4v) is 4.61. The van der Waals surface area contributed by atoms with Crippen molar-refractivity contribution in [3.63, 3.8) is 0 Å². The normalized spacial score (nSPS) is 11.5. The van der Waals surface area contributed by atoms with E-state index in [1.54, 1.807) is 29.1 Å². The number of aromatic nitrogens is 3. The van der Waals surface area contributed by atoms with Crippen molar-refractivity contribution >= 4 is 39.6 Å². The molecule has 0 spiro atoms. The molecule has 0 aliphatic carbocycles. The Morgan fingerprint density at radius 1 is 1.12 bits per heavy atom. The summed E-state index contributed by atoms with van der Waals surface area (Å²) in [7, 11) is 1.92. The number of halogens is 3. The van der Waals surface area contributed by atoms with E-state index in [9.17, 15) is 13.6 Å². The second-order valence-corrected chi connectivity index (χ2v) is 8.26. The van der Waals surface area contributed by atoms with Gasteiger partial charge in [-0.25, -0.2) is 13.8 Å². The van der Waals surface area contributed by atoms with Gasteiger partial charge in [-0.3, -0.25) is 4.79 Å². The number of carbonyl (C=O) groups is 1. The molecule has 0 saturated carbocycles. The van der Waals surface area contributed by atoms with Gasteiger partial charge in [0.2, 0.25) is 5.78 Å². The molecule has 0 amide bonds. The minimum Gasteiger partial charge on any atom is -0.394 e. The third-order valence-corrected chi connectivity index (χ3v) is 6.33. The Bertz CT molecular complexity index is 1560. The maximum absolute atomic E-state index is 14.0. The second kappa shape index (κ2) is 7.71. The van der Waals surface area contributed by atoms with Crippen LogP contribution in [-0.4, -0.2) is 19.7 Å². The van der Waals surface area contributed by atoms with E-state index in [2.05, 4.69) is 18.0 Å². The number of rotatable bonds is 4. The first kappa shape index (κ1) is 21.2. The molecule has 0 atom stereocenters. The summed E-state index contributed by atoms with van der Waals surface area (Å²) in [5.74, 6) is -2.46. The molecule has 2 N–H and O–H groups in total. The molecule has 0 aliphatic heterocycles. The van der Waals surface area contributed by atoms with E-state index >= 15 is 0 Å². The van der Waals surface area contributed by atoms with Crippen LogP contribution in [0.15, 0.2) is 55.0 Å². The molecule has 0 saturated heterocycles.